The van der Waals surface area contributed by atoms with Gasteiger partial charge in [0.1, 0.15) is 0 Å². The molecule has 0 unspecified atom stereocenters. The molecular weight excluding hydrogens is 169 g/mol. The molecule has 0 heterocycles. The van der Waals surface area contributed by atoms with E-state index in [-0.39, 0.29) is 52.6 Å². The smallest absolute Gasteiger partial charge is 0.652 e. The molecule has 0 amide bonds. The average Bonchev–Trinajstić information content (AvgIpc) is 1.25. The minimum Gasteiger partial charge on any atom is -0.652 e. The van der Waals surface area contributed by atoms with Gasteiger partial charge in [-0.2, -0.15) is 0 Å². The molecule has 0 aromatic heterocycles. The van der Waals surface area contributed by atoms with Crippen LogP contribution >= 0.6 is 0 Å². The van der Waals surface area contributed by atoms with E-state index in [9.17, 15) is 0 Å². The molecule has 0 aromatic rings. The molecule has 0 aliphatic heterocycles. The summed E-state index contributed by atoms with van der Waals surface area (Å²) in [5, 5.41) is 31.4. The molecule has 0 bridgehead atoms. The fourth-order valence-electron chi connectivity index (χ4n) is 0. The first kappa shape index (κ1) is 22.5. The minimum atomic E-state index is -2.33. The van der Waals surface area contributed by atoms with Crippen LogP contribution in [0.3, 0.4) is 0 Å². The van der Waals surface area contributed by atoms with Gasteiger partial charge < -0.3 is 30.3 Å². The van der Waals surface area contributed by atoms with E-state index in [0.717, 1.165) is 0 Å². The maximum Gasteiger partial charge on any atom is 2.00 e. The topological polar surface area (TPSA) is 129 Å². The van der Waals surface area contributed by atoms with Crippen LogP contribution in [0.1, 0.15) is 0 Å². The van der Waals surface area contributed by atoms with Crippen LogP contribution in [-0.2, 0) is 0 Å². The van der Waals surface area contributed by atoms with Gasteiger partial charge in [-0.05, 0) is 6.16 Å². The predicted molar refractivity (Wildman–Crippen MR) is 21.5 cm³/mol. The number of hydrogen-bond acceptors (Lipinski definition) is 6. The average molecular weight is 169 g/mol. The van der Waals surface area contributed by atoms with Crippen LogP contribution in [0.15, 0.2) is 0 Å². The molecule has 48 valence electrons. The van der Waals surface area contributed by atoms with E-state index in [1.807, 2.05) is 0 Å². The molecule has 7 nitrogen and oxygen atoms in total. The summed E-state index contributed by atoms with van der Waals surface area (Å²) < 4.78 is 0. The second-order valence-corrected chi connectivity index (χ2v) is 0.474. The number of carbonyl (C=O) groups excluding carboxylic acids is 1. The fourth-order valence-corrected chi connectivity index (χ4v) is 0. The van der Waals surface area contributed by atoms with Crippen molar-refractivity contribution in [1.82, 2.24) is 0 Å². The fraction of sp³-hybridized carbons (Fsp3) is 0. The second-order valence-electron chi connectivity index (χ2n) is 0.474. The quantitative estimate of drug-likeness (QED) is 0.201. The summed E-state index contributed by atoms with van der Waals surface area (Å²) in [4.78, 5) is 16.6. The van der Waals surface area contributed by atoms with Crippen LogP contribution in [-0.4, -0.2) is 34.3 Å². The SMILES string of the molecule is O=C([O-])[O-].O=[N+]([O-])[O-].[Mg+2].[Na+]. The molecule has 10 heavy (non-hydrogen) atoms. The van der Waals surface area contributed by atoms with E-state index < -0.39 is 11.2 Å². The molecule has 0 N–H and O–H groups in total. The Bertz CT molecular complexity index is 75.7. The van der Waals surface area contributed by atoms with Gasteiger partial charge >= 0.3 is 52.6 Å². The summed E-state index contributed by atoms with van der Waals surface area (Å²) in [5.41, 5.74) is 0. The Morgan fingerprint density at radius 2 is 1.20 bits per heavy atom. The van der Waals surface area contributed by atoms with Crippen molar-refractivity contribution in [3.8, 4) is 0 Å². The monoisotopic (exact) mass is 169 g/mol. The summed E-state index contributed by atoms with van der Waals surface area (Å²) in [7, 11) is 0. The van der Waals surface area contributed by atoms with Crippen molar-refractivity contribution in [3.05, 3.63) is 15.3 Å². The van der Waals surface area contributed by atoms with Crippen LogP contribution in [0, 0.1) is 15.3 Å². The largest absolute Gasteiger partial charge is 2.00 e. The normalized spacial score (nSPS) is 4.80. The van der Waals surface area contributed by atoms with Crippen LogP contribution < -0.4 is 39.8 Å². The summed E-state index contributed by atoms with van der Waals surface area (Å²) in [6, 6.07) is 0. The second kappa shape index (κ2) is 16.1. The molecule has 0 rings (SSSR count). The van der Waals surface area contributed by atoms with Crippen molar-refractivity contribution in [2.24, 2.45) is 0 Å². The van der Waals surface area contributed by atoms with Crippen molar-refractivity contribution < 1.29 is 49.7 Å². The van der Waals surface area contributed by atoms with Gasteiger partial charge in [0, 0.05) is 0 Å². The third-order valence-electron chi connectivity index (χ3n) is 0. The zero-order chi connectivity index (χ0) is 7.15. The molecule has 9 heteroatoms. The maximum atomic E-state index is 8.33. The Kier molecular flexibility index (Phi) is 36.2. The molecule has 0 aliphatic rings. The standard InChI is InChI=1S/CH2O3.Mg.NO3.Na/c2-1(3)4;;2-1(3)4;/h(H2,2,3,4);;;/q;+2;-1;+1/p-2. The van der Waals surface area contributed by atoms with Gasteiger partial charge in [0.25, 0.3) is 0 Å². The van der Waals surface area contributed by atoms with Gasteiger partial charge in [0.15, 0.2) is 0 Å². The Balaban J connectivity index is -0.0000000300. The van der Waals surface area contributed by atoms with Gasteiger partial charge in [-0.15, -0.1) is 0 Å². The summed E-state index contributed by atoms with van der Waals surface area (Å²) >= 11 is 0. The van der Waals surface area contributed by atoms with E-state index in [4.69, 9.17) is 30.3 Å². The number of hydrogen-bond donors (Lipinski definition) is 0. The van der Waals surface area contributed by atoms with Crippen LogP contribution in [0.2, 0.25) is 0 Å². The zero-order valence-corrected chi connectivity index (χ0v) is 8.52. The summed E-state index contributed by atoms with van der Waals surface area (Å²) in [6.07, 6.45) is -2.33. The van der Waals surface area contributed by atoms with Crippen molar-refractivity contribution in [2.75, 3.05) is 0 Å². The first-order valence-electron chi connectivity index (χ1n) is 1.16. The number of nitrogens with zero attached hydrogens (tertiary/aromatic N) is 1. The third-order valence-corrected chi connectivity index (χ3v) is 0. The third kappa shape index (κ3) is 7730. The van der Waals surface area contributed by atoms with E-state index in [2.05, 4.69) is 0 Å². The van der Waals surface area contributed by atoms with Crippen molar-refractivity contribution in [3.63, 3.8) is 0 Å². The predicted octanol–water partition coefficient (Wildman–Crippen LogP) is -6.06. The molecular formula is CMgNNaO6. The molecule has 0 saturated carbocycles. The van der Waals surface area contributed by atoms with E-state index >= 15 is 0 Å². The molecule has 0 saturated heterocycles. The molecule has 0 aliphatic carbocycles. The molecule has 0 radical (unpaired) electrons. The summed E-state index contributed by atoms with van der Waals surface area (Å²) in [6.45, 7) is 0. The van der Waals surface area contributed by atoms with Gasteiger partial charge in [-0.3, -0.25) is 0 Å². The van der Waals surface area contributed by atoms with Crippen LogP contribution in [0.4, 0.5) is 4.79 Å². The number of carbonyl (C=O) groups is 1. The first-order chi connectivity index (χ1) is 3.46. The van der Waals surface area contributed by atoms with Gasteiger partial charge in [0.2, 0.25) is 0 Å². The van der Waals surface area contributed by atoms with E-state index in [1.165, 1.54) is 0 Å². The zero-order valence-electron chi connectivity index (χ0n) is 5.10. The molecule has 0 fully saturated rings. The molecule has 0 aromatic carbocycles. The van der Waals surface area contributed by atoms with E-state index in [0.29, 0.717) is 0 Å². The van der Waals surface area contributed by atoms with Crippen molar-refractivity contribution in [1.29, 1.82) is 0 Å². The van der Waals surface area contributed by atoms with E-state index in [1.54, 1.807) is 0 Å². The number of rotatable bonds is 0. The van der Waals surface area contributed by atoms with Crippen molar-refractivity contribution in [2.45, 2.75) is 0 Å². The van der Waals surface area contributed by atoms with Gasteiger partial charge in [0.05, 0.1) is 5.09 Å². The molecule has 0 spiro atoms. The Morgan fingerprint density at radius 1 is 1.20 bits per heavy atom. The van der Waals surface area contributed by atoms with Gasteiger partial charge in [-0.25, -0.2) is 0 Å². The number of carboxylic acid groups (broad SMARTS) is 2. The molecule has 0 atom stereocenters. The van der Waals surface area contributed by atoms with Crippen LogP contribution in [0.25, 0.3) is 0 Å². The summed E-state index contributed by atoms with van der Waals surface area (Å²) in [5.74, 6) is 0. The van der Waals surface area contributed by atoms with Gasteiger partial charge in [-0.1, -0.05) is 0 Å². The maximum absolute atomic E-state index is 8.33. The first-order valence-corrected chi connectivity index (χ1v) is 1.16. The van der Waals surface area contributed by atoms with Crippen molar-refractivity contribution >= 4 is 29.2 Å². The Hall–Kier alpha value is 0.236. The minimum absolute atomic E-state index is 0. The Morgan fingerprint density at radius 3 is 1.20 bits per heavy atom. The van der Waals surface area contributed by atoms with Crippen LogP contribution in [0.5, 0.6) is 0 Å². The Labute approximate surface area is 93.6 Å².